The van der Waals surface area contributed by atoms with Crippen LogP contribution in [0.2, 0.25) is 0 Å². The zero-order chi connectivity index (χ0) is 23.8. The van der Waals surface area contributed by atoms with Crippen LogP contribution in [0, 0.1) is 0 Å². The van der Waals surface area contributed by atoms with Crippen molar-refractivity contribution in [2.75, 3.05) is 6.54 Å². The zero-order valence-corrected chi connectivity index (χ0v) is 19.7. The van der Waals surface area contributed by atoms with Crippen molar-refractivity contribution >= 4 is 5.91 Å². The van der Waals surface area contributed by atoms with Gasteiger partial charge in [0.25, 0.3) is 0 Å². The maximum absolute atomic E-state index is 13.9. The number of amides is 1. The molecular weight excluding hydrogens is 424 g/mol. The van der Waals surface area contributed by atoms with Gasteiger partial charge >= 0.3 is 0 Å². The molecule has 4 aromatic rings. The van der Waals surface area contributed by atoms with Crippen molar-refractivity contribution in [1.82, 2.24) is 20.0 Å². The van der Waals surface area contributed by atoms with Crippen LogP contribution in [0.3, 0.4) is 0 Å². The first kappa shape index (κ1) is 22.0. The summed E-state index contributed by atoms with van der Waals surface area (Å²) < 4.78 is 5.52. The Labute approximate surface area is 199 Å². The number of carbonyl (C=O) groups is 1. The molecule has 34 heavy (non-hydrogen) atoms. The molecule has 2 aromatic heterocycles. The van der Waals surface area contributed by atoms with Gasteiger partial charge in [-0.15, -0.1) is 0 Å². The molecule has 3 heterocycles. The van der Waals surface area contributed by atoms with E-state index in [2.05, 4.69) is 35.9 Å². The van der Waals surface area contributed by atoms with Gasteiger partial charge in [0, 0.05) is 29.4 Å². The SMILES string of the molecule is CC(C)(C)c1ccc(-c2noc(CN3CCC(c4ccccc4)(c4ccccc4)C3=O)n2)cn1. The average molecular weight is 453 g/mol. The van der Waals surface area contributed by atoms with Crippen molar-refractivity contribution in [1.29, 1.82) is 0 Å². The van der Waals surface area contributed by atoms with Gasteiger partial charge in [0.1, 0.15) is 12.0 Å². The maximum Gasteiger partial charge on any atom is 0.246 e. The average Bonchev–Trinajstić information content (AvgIpc) is 3.45. The summed E-state index contributed by atoms with van der Waals surface area (Å²) in [6.45, 7) is 7.27. The first-order chi connectivity index (χ1) is 16.4. The van der Waals surface area contributed by atoms with Gasteiger partial charge in [0.15, 0.2) is 0 Å². The molecule has 2 aromatic carbocycles. The molecule has 0 aliphatic carbocycles. The molecule has 1 saturated heterocycles. The van der Waals surface area contributed by atoms with Gasteiger partial charge in [0.05, 0.1) is 0 Å². The minimum absolute atomic E-state index is 0.0267. The predicted molar refractivity (Wildman–Crippen MR) is 130 cm³/mol. The first-order valence-corrected chi connectivity index (χ1v) is 11.6. The molecule has 6 nitrogen and oxygen atoms in total. The van der Waals surface area contributed by atoms with E-state index in [0.29, 0.717) is 24.7 Å². The largest absolute Gasteiger partial charge is 0.337 e. The number of benzene rings is 2. The number of nitrogens with zero attached hydrogens (tertiary/aromatic N) is 4. The number of rotatable bonds is 5. The molecule has 0 atom stereocenters. The molecule has 1 aliphatic rings. The Morgan fingerprint density at radius 2 is 1.59 bits per heavy atom. The van der Waals surface area contributed by atoms with Gasteiger partial charge in [-0.1, -0.05) is 86.6 Å². The Bertz CT molecular complexity index is 1240. The van der Waals surface area contributed by atoms with Gasteiger partial charge < -0.3 is 9.42 Å². The summed E-state index contributed by atoms with van der Waals surface area (Å²) in [5.41, 5.74) is 3.06. The van der Waals surface area contributed by atoms with Gasteiger partial charge in [-0.3, -0.25) is 9.78 Å². The lowest BCUT2D eigenvalue weighted by Gasteiger charge is -2.29. The fourth-order valence-electron chi connectivity index (χ4n) is 4.65. The fraction of sp³-hybridized carbons (Fsp3) is 0.286. The number of likely N-dealkylation sites (tertiary alicyclic amines) is 1. The Morgan fingerprint density at radius 3 is 2.15 bits per heavy atom. The number of aromatic nitrogens is 3. The number of pyridine rings is 1. The molecule has 6 heteroatoms. The fourth-order valence-corrected chi connectivity index (χ4v) is 4.65. The Morgan fingerprint density at radius 1 is 0.941 bits per heavy atom. The van der Waals surface area contributed by atoms with Crippen LogP contribution in [-0.4, -0.2) is 32.5 Å². The highest BCUT2D eigenvalue weighted by Gasteiger charge is 2.49. The van der Waals surface area contributed by atoms with E-state index in [0.717, 1.165) is 22.4 Å². The van der Waals surface area contributed by atoms with Crippen LogP contribution in [0.25, 0.3) is 11.4 Å². The van der Waals surface area contributed by atoms with Crippen LogP contribution in [0.5, 0.6) is 0 Å². The third-order valence-corrected chi connectivity index (χ3v) is 6.53. The maximum atomic E-state index is 13.9. The van der Waals surface area contributed by atoms with Crippen LogP contribution < -0.4 is 0 Å². The van der Waals surface area contributed by atoms with Crippen molar-refractivity contribution in [2.45, 2.75) is 44.6 Å². The Hall–Kier alpha value is -3.80. The van der Waals surface area contributed by atoms with Gasteiger partial charge in [-0.25, -0.2) is 0 Å². The van der Waals surface area contributed by atoms with E-state index in [1.807, 2.05) is 77.7 Å². The van der Waals surface area contributed by atoms with Crippen molar-refractivity contribution in [3.8, 4) is 11.4 Å². The molecule has 0 unspecified atom stereocenters. The Kier molecular flexibility index (Phi) is 5.52. The van der Waals surface area contributed by atoms with E-state index in [1.54, 1.807) is 6.20 Å². The quantitative estimate of drug-likeness (QED) is 0.419. The summed E-state index contributed by atoms with van der Waals surface area (Å²) in [5, 5.41) is 4.13. The van der Waals surface area contributed by atoms with Crippen molar-refractivity contribution in [3.63, 3.8) is 0 Å². The lowest BCUT2D eigenvalue weighted by atomic mass is 9.73. The highest BCUT2D eigenvalue weighted by molar-refractivity contribution is 5.94. The van der Waals surface area contributed by atoms with Crippen molar-refractivity contribution in [2.24, 2.45) is 0 Å². The molecule has 0 radical (unpaired) electrons. The molecule has 1 amide bonds. The van der Waals surface area contributed by atoms with Crippen LogP contribution in [0.4, 0.5) is 0 Å². The van der Waals surface area contributed by atoms with Gasteiger partial charge in [-0.05, 0) is 29.7 Å². The first-order valence-electron chi connectivity index (χ1n) is 11.6. The minimum atomic E-state index is -0.710. The number of hydrogen-bond acceptors (Lipinski definition) is 5. The summed E-state index contributed by atoms with van der Waals surface area (Å²) in [5.74, 6) is 0.952. The van der Waals surface area contributed by atoms with Crippen LogP contribution in [-0.2, 0) is 22.2 Å². The number of hydrogen-bond donors (Lipinski definition) is 0. The van der Waals surface area contributed by atoms with Crippen LogP contribution >= 0.6 is 0 Å². The van der Waals surface area contributed by atoms with E-state index in [-0.39, 0.29) is 17.9 Å². The van der Waals surface area contributed by atoms with E-state index < -0.39 is 5.41 Å². The monoisotopic (exact) mass is 452 g/mol. The Balaban J connectivity index is 1.39. The van der Waals surface area contributed by atoms with Crippen molar-refractivity contribution in [3.05, 3.63) is 102 Å². The normalized spacial score (nSPS) is 15.6. The summed E-state index contributed by atoms with van der Waals surface area (Å²) in [4.78, 5) is 24.8. The predicted octanol–water partition coefficient (Wildman–Crippen LogP) is 5.15. The lowest BCUT2D eigenvalue weighted by molar-refractivity contribution is -0.132. The highest BCUT2D eigenvalue weighted by Crippen LogP contribution is 2.42. The molecule has 5 rings (SSSR count). The van der Waals surface area contributed by atoms with E-state index >= 15 is 0 Å². The van der Waals surface area contributed by atoms with E-state index in [1.165, 1.54) is 0 Å². The van der Waals surface area contributed by atoms with E-state index in [9.17, 15) is 4.79 Å². The smallest absolute Gasteiger partial charge is 0.246 e. The third kappa shape index (κ3) is 3.89. The molecule has 0 spiro atoms. The minimum Gasteiger partial charge on any atom is -0.337 e. The van der Waals surface area contributed by atoms with Crippen LogP contribution in [0.15, 0.2) is 83.5 Å². The molecule has 0 bridgehead atoms. The number of carbonyl (C=O) groups excluding carboxylic acids is 1. The van der Waals surface area contributed by atoms with E-state index in [4.69, 9.17) is 4.52 Å². The van der Waals surface area contributed by atoms with Crippen molar-refractivity contribution < 1.29 is 9.32 Å². The molecule has 1 fully saturated rings. The summed E-state index contributed by atoms with van der Waals surface area (Å²) in [6, 6.07) is 24.0. The molecular formula is C28H28N4O2. The second kappa shape index (κ2) is 8.52. The molecule has 0 N–H and O–H groups in total. The standard InChI is InChI=1S/C28H28N4O2/c1-27(2,3)23-15-14-20(18-29-23)25-30-24(34-31-25)19-32-17-16-28(26(32)33,21-10-6-4-7-11-21)22-12-8-5-9-13-22/h4-15,18H,16-17,19H2,1-3H3. The van der Waals surface area contributed by atoms with Gasteiger partial charge in [-0.2, -0.15) is 4.98 Å². The molecule has 172 valence electrons. The zero-order valence-electron chi connectivity index (χ0n) is 19.7. The second-order valence-electron chi connectivity index (χ2n) is 9.81. The summed E-state index contributed by atoms with van der Waals surface area (Å²) in [7, 11) is 0. The topological polar surface area (TPSA) is 72.1 Å². The third-order valence-electron chi connectivity index (χ3n) is 6.53. The molecule has 0 saturated carbocycles. The highest BCUT2D eigenvalue weighted by atomic mass is 16.5. The second-order valence-corrected chi connectivity index (χ2v) is 9.81. The lowest BCUT2D eigenvalue weighted by Crippen LogP contribution is -2.38. The van der Waals surface area contributed by atoms with Crippen LogP contribution in [0.1, 0.15) is 49.9 Å². The molecule has 1 aliphatic heterocycles. The summed E-state index contributed by atoms with van der Waals surface area (Å²) >= 11 is 0. The summed E-state index contributed by atoms with van der Waals surface area (Å²) in [6.07, 6.45) is 2.46. The van der Waals surface area contributed by atoms with Gasteiger partial charge in [0.2, 0.25) is 17.6 Å².